The molecule has 3 nitrogen and oxygen atoms in total. The van der Waals surface area contributed by atoms with Crippen molar-refractivity contribution in [1.29, 1.82) is 0 Å². The van der Waals surface area contributed by atoms with Crippen LogP contribution in [0.25, 0.3) is 10.9 Å². The maximum absolute atomic E-state index is 12.2. The second-order valence-electron chi connectivity index (χ2n) is 6.65. The summed E-state index contributed by atoms with van der Waals surface area (Å²) in [4.78, 5) is 19.0. The van der Waals surface area contributed by atoms with E-state index in [1.165, 1.54) is 41.3 Å². The van der Waals surface area contributed by atoms with Gasteiger partial charge in [0.15, 0.2) is 0 Å². The summed E-state index contributed by atoms with van der Waals surface area (Å²) < 4.78 is 0. The van der Waals surface area contributed by atoms with Crippen molar-refractivity contribution >= 4 is 28.6 Å². The SMILES string of the molecule is Cc1cc2cc3c(cc2nc1SCC(=O)N1CCCC1)CCC3. The van der Waals surface area contributed by atoms with E-state index in [1.54, 1.807) is 11.8 Å². The van der Waals surface area contributed by atoms with Crippen molar-refractivity contribution in [2.24, 2.45) is 0 Å². The molecule has 1 saturated heterocycles. The molecule has 1 aliphatic heterocycles. The van der Waals surface area contributed by atoms with Gasteiger partial charge in [0.1, 0.15) is 5.03 Å². The van der Waals surface area contributed by atoms with Crippen LogP contribution in [0.3, 0.4) is 0 Å². The van der Waals surface area contributed by atoms with Gasteiger partial charge in [0, 0.05) is 18.5 Å². The second kappa shape index (κ2) is 6.16. The number of fused-ring (bicyclic) bond motifs is 2. The molecule has 120 valence electrons. The summed E-state index contributed by atoms with van der Waals surface area (Å²) in [6, 6.07) is 6.79. The van der Waals surface area contributed by atoms with Crippen LogP contribution in [0.1, 0.15) is 36.0 Å². The van der Waals surface area contributed by atoms with Gasteiger partial charge in [0.2, 0.25) is 5.91 Å². The van der Waals surface area contributed by atoms with Crippen LogP contribution in [0.15, 0.2) is 23.2 Å². The lowest BCUT2D eigenvalue weighted by Gasteiger charge is -2.15. The zero-order valence-electron chi connectivity index (χ0n) is 13.6. The van der Waals surface area contributed by atoms with Crippen LogP contribution < -0.4 is 0 Å². The van der Waals surface area contributed by atoms with Crippen LogP contribution in [0.2, 0.25) is 0 Å². The van der Waals surface area contributed by atoms with E-state index in [2.05, 4.69) is 25.1 Å². The number of carbonyl (C=O) groups excluding carboxylic acids is 1. The maximum Gasteiger partial charge on any atom is 0.232 e. The van der Waals surface area contributed by atoms with Crippen molar-refractivity contribution in [1.82, 2.24) is 9.88 Å². The fourth-order valence-electron chi connectivity index (χ4n) is 3.67. The number of aromatic nitrogens is 1. The number of aryl methyl sites for hydroxylation is 3. The lowest BCUT2D eigenvalue weighted by molar-refractivity contribution is -0.127. The molecule has 1 aliphatic carbocycles. The Morgan fingerprint density at radius 3 is 2.65 bits per heavy atom. The van der Waals surface area contributed by atoms with Crippen molar-refractivity contribution < 1.29 is 4.79 Å². The first-order chi connectivity index (χ1) is 11.2. The predicted octanol–water partition coefficient (Wildman–Crippen LogP) is 3.75. The molecule has 23 heavy (non-hydrogen) atoms. The van der Waals surface area contributed by atoms with Gasteiger partial charge in [-0.05, 0) is 73.9 Å². The Kier molecular flexibility index (Phi) is 4.02. The Bertz CT molecular complexity index is 766. The Hall–Kier alpha value is -1.55. The third-order valence-corrected chi connectivity index (χ3v) is 6.04. The third kappa shape index (κ3) is 2.97. The first-order valence-corrected chi connectivity index (χ1v) is 9.53. The number of carbonyl (C=O) groups is 1. The van der Waals surface area contributed by atoms with Gasteiger partial charge < -0.3 is 4.90 Å². The fourth-order valence-corrected chi connectivity index (χ4v) is 4.56. The maximum atomic E-state index is 12.2. The molecule has 1 amide bonds. The summed E-state index contributed by atoms with van der Waals surface area (Å²) in [5.74, 6) is 0.757. The molecular formula is C19H22N2OS. The molecule has 2 heterocycles. The topological polar surface area (TPSA) is 33.2 Å². The highest BCUT2D eigenvalue weighted by molar-refractivity contribution is 7.99. The van der Waals surface area contributed by atoms with E-state index < -0.39 is 0 Å². The number of hydrogen-bond donors (Lipinski definition) is 0. The highest BCUT2D eigenvalue weighted by Gasteiger charge is 2.19. The smallest absolute Gasteiger partial charge is 0.232 e. The number of rotatable bonds is 3. The minimum absolute atomic E-state index is 0.253. The zero-order valence-corrected chi connectivity index (χ0v) is 14.4. The molecule has 2 aromatic rings. The molecular weight excluding hydrogens is 304 g/mol. The third-order valence-electron chi connectivity index (χ3n) is 4.96. The van der Waals surface area contributed by atoms with Gasteiger partial charge in [-0.25, -0.2) is 4.98 Å². The molecule has 0 bridgehead atoms. The van der Waals surface area contributed by atoms with Crippen molar-refractivity contribution in [3.63, 3.8) is 0 Å². The number of pyridine rings is 1. The molecule has 4 heteroatoms. The highest BCUT2D eigenvalue weighted by atomic mass is 32.2. The standard InChI is InChI=1S/C19H22N2OS/c1-13-9-16-10-14-5-4-6-15(14)11-17(16)20-19(13)23-12-18(22)21-7-2-3-8-21/h9-11H,2-8,12H2,1H3. The molecule has 0 saturated carbocycles. The number of hydrogen-bond acceptors (Lipinski definition) is 3. The first kappa shape index (κ1) is 15.0. The quantitative estimate of drug-likeness (QED) is 0.806. The number of amides is 1. The highest BCUT2D eigenvalue weighted by Crippen LogP contribution is 2.30. The largest absolute Gasteiger partial charge is 0.342 e. The Labute approximate surface area is 141 Å². The Balaban J connectivity index is 1.56. The number of nitrogens with zero attached hydrogens (tertiary/aromatic N) is 2. The zero-order chi connectivity index (χ0) is 15.8. The van der Waals surface area contributed by atoms with Crippen LogP contribution in [-0.4, -0.2) is 34.6 Å². The molecule has 0 N–H and O–H groups in total. The Morgan fingerprint density at radius 2 is 1.87 bits per heavy atom. The van der Waals surface area contributed by atoms with Crippen LogP contribution >= 0.6 is 11.8 Å². The monoisotopic (exact) mass is 326 g/mol. The van der Waals surface area contributed by atoms with Gasteiger partial charge in [0.05, 0.1) is 11.3 Å². The minimum atomic E-state index is 0.253. The van der Waals surface area contributed by atoms with Crippen LogP contribution in [0.4, 0.5) is 0 Å². The van der Waals surface area contributed by atoms with Gasteiger partial charge in [-0.1, -0.05) is 11.8 Å². The van der Waals surface area contributed by atoms with Crippen LogP contribution in [0.5, 0.6) is 0 Å². The van der Waals surface area contributed by atoms with Crippen molar-refractivity contribution in [3.05, 3.63) is 34.9 Å². The summed E-state index contributed by atoms with van der Waals surface area (Å²) in [5.41, 5.74) is 5.20. The molecule has 2 aliphatic rings. The molecule has 1 aromatic carbocycles. The molecule has 4 rings (SSSR count). The average molecular weight is 326 g/mol. The molecule has 0 spiro atoms. The van der Waals surface area contributed by atoms with Crippen LogP contribution in [0, 0.1) is 6.92 Å². The van der Waals surface area contributed by atoms with Crippen molar-refractivity contribution in [2.75, 3.05) is 18.8 Å². The normalized spacial score (nSPS) is 17.0. The second-order valence-corrected chi connectivity index (χ2v) is 7.62. The average Bonchev–Trinajstić information content (AvgIpc) is 3.21. The molecule has 0 atom stereocenters. The lowest BCUT2D eigenvalue weighted by atomic mass is 10.1. The molecule has 0 radical (unpaired) electrons. The van der Waals surface area contributed by atoms with Gasteiger partial charge in [-0.2, -0.15) is 0 Å². The van der Waals surface area contributed by atoms with E-state index in [1.807, 2.05) is 4.90 Å². The number of thioether (sulfide) groups is 1. The molecule has 0 unspecified atom stereocenters. The summed E-state index contributed by atoms with van der Waals surface area (Å²) in [7, 11) is 0. The predicted molar refractivity (Wildman–Crippen MR) is 95.0 cm³/mol. The minimum Gasteiger partial charge on any atom is -0.342 e. The summed E-state index contributed by atoms with van der Waals surface area (Å²) >= 11 is 1.59. The van der Waals surface area contributed by atoms with Gasteiger partial charge in [0.25, 0.3) is 0 Å². The summed E-state index contributed by atoms with van der Waals surface area (Å²) in [5, 5.41) is 2.24. The van der Waals surface area contributed by atoms with Gasteiger partial charge in [-0.15, -0.1) is 0 Å². The van der Waals surface area contributed by atoms with E-state index in [-0.39, 0.29) is 5.91 Å². The van der Waals surface area contributed by atoms with E-state index in [4.69, 9.17) is 4.98 Å². The van der Waals surface area contributed by atoms with E-state index in [0.717, 1.165) is 36.5 Å². The first-order valence-electron chi connectivity index (χ1n) is 8.54. The Morgan fingerprint density at radius 1 is 1.13 bits per heavy atom. The van der Waals surface area contributed by atoms with Gasteiger partial charge in [-0.3, -0.25) is 4.79 Å². The molecule has 1 fully saturated rings. The van der Waals surface area contributed by atoms with Crippen LogP contribution in [-0.2, 0) is 17.6 Å². The van der Waals surface area contributed by atoms with E-state index in [0.29, 0.717) is 5.75 Å². The molecule has 1 aromatic heterocycles. The number of benzene rings is 1. The lowest BCUT2D eigenvalue weighted by Crippen LogP contribution is -2.29. The van der Waals surface area contributed by atoms with Gasteiger partial charge >= 0.3 is 0 Å². The van der Waals surface area contributed by atoms with E-state index in [9.17, 15) is 4.79 Å². The van der Waals surface area contributed by atoms with E-state index >= 15 is 0 Å². The van der Waals surface area contributed by atoms with Crippen molar-refractivity contribution in [3.8, 4) is 0 Å². The number of likely N-dealkylation sites (tertiary alicyclic amines) is 1. The summed E-state index contributed by atoms with van der Waals surface area (Å²) in [6.07, 6.45) is 5.93. The fraction of sp³-hybridized carbons (Fsp3) is 0.474. The van der Waals surface area contributed by atoms with Crippen molar-refractivity contribution in [2.45, 2.75) is 44.1 Å². The summed E-state index contributed by atoms with van der Waals surface area (Å²) in [6.45, 7) is 3.95.